The van der Waals surface area contributed by atoms with Gasteiger partial charge in [-0.05, 0) is 19.1 Å². The molecular formula is C14H15F3N2O5. The molecule has 1 aliphatic rings. The van der Waals surface area contributed by atoms with Crippen molar-refractivity contribution in [3.63, 3.8) is 0 Å². The summed E-state index contributed by atoms with van der Waals surface area (Å²) in [5.41, 5.74) is -2.84. The van der Waals surface area contributed by atoms with Gasteiger partial charge in [-0.2, -0.15) is 13.2 Å². The molecule has 24 heavy (non-hydrogen) atoms. The number of hydrogen-bond donors (Lipinski definition) is 1. The van der Waals surface area contributed by atoms with Crippen LogP contribution in [0.15, 0.2) is 18.2 Å². The standard InChI is InChI=1S/C14H15F3N2O5/c1-3-13(14(15,16)17)18(7-11(24-13)12(20)21)9-4-5-10(19(22)23)8(2)6-9/h4-6,11H,3,7H2,1-2H3,(H,20,21)/t11-,13+/m0/s1. The van der Waals surface area contributed by atoms with Gasteiger partial charge in [0.25, 0.3) is 5.69 Å². The Bertz CT molecular complexity index is 679. The molecule has 1 aromatic carbocycles. The van der Waals surface area contributed by atoms with E-state index in [9.17, 15) is 28.1 Å². The van der Waals surface area contributed by atoms with Gasteiger partial charge in [-0.25, -0.2) is 4.79 Å². The van der Waals surface area contributed by atoms with Crippen LogP contribution in [0.3, 0.4) is 0 Å². The van der Waals surface area contributed by atoms with Gasteiger partial charge < -0.3 is 14.7 Å². The number of carboxylic acids is 1. The van der Waals surface area contributed by atoms with Crippen LogP contribution in [0.1, 0.15) is 18.9 Å². The average molecular weight is 348 g/mol. The highest BCUT2D eigenvalue weighted by Crippen LogP contribution is 2.46. The Balaban J connectivity index is 2.54. The molecule has 0 bridgehead atoms. The highest BCUT2D eigenvalue weighted by Gasteiger charge is 2.64. The highest BCUT2D eigenvalue weighted by atomic mass is 19.4. The van der Waals surface area contributed by atoms with Crippen molar-refractivity contribution in [3.05, 3.63) is 33.9 Å². The van der Waals surface area contributed by atoms with Gasteiger partial charge >= 0.3 is 12.1 Å². The Hall–Kier alpha value is -2.36. The smallest absolute Gasteiger partial charge is 0.436 e. The monoisotopic (exact) mass is 348 g/mol. The van der Waals surface area contributed by atoms with Crippen molar-refractivity contribution in [1.82, 2.24) is 0 Å². The number of nitro groups is 1. The fraction of sp³-hybridized carbons (Fsp3) is 0.500. The molecule has 132 valence electrons. The second-order valence-electron chi connectivity index (χ2n) is 5.42. The van der Waals surface area contributed by atoms with Crippen LogP contribution in [0.4, 0.5) is 24.5 Å². The largest absolute Gasteiger partial charge is 0.479 e. The first-order chi connectivity index (χ1) is 11.0. The molecule has 0 saturated carbocycles. The lowest BCUT2D eigenvalue weighted by atomic mass is 10.1. The second kappa shape index (κ2) is 5.93. The zero-order valence-corrected chi connectivity index (χ0v) is 12.8. The van der Waals surface area contributed by atoms with Crippen molar-refractivity contribution in [2.45, 2.75) is 38.3 Å². The maximum absolute atomic E-state index is 13.6. The number of aliphatic carboxylic acids is 1. The zero-order valence-electron chi connectivity index (χ0n) is 12.8. The van der Waals surface area contributed by atoms with Gasteiger partial charge in [-0.1, -0.05) is 6.92 Å². The van der Waals surface area contributed by atoms with E-state index in [1.54, 1.807) is 0 Å². The van der Waals surface area contributed by atoms with E-state index < -0.39 is 41.9 Å². The minimum Gasteiger partial charge on any atom is -0.479 e. The van der Waals surface area contributed by atoms with Crippen molar-refractivity contribution < 1.29 is 32.7 Å². The third-order valence-electron chi connectivity index (χ3n) is 4.01. The molecule has 1 N–H and O–H groups in total. The van der Waals surface area contributed by atoms with E-state index in [1.807, 2.05) is 0 Å². The summed E-state index contributed by atoms with van der Waals surface area (Å²) in [5.74, 6) is -1.50. The molecule has 0 spiro atoms. The third-order valence-corrected chi connectivity index (χ3v) is 4.01. The van der Waals surface area contributed by atoms with Crippen LogP contribution >= 0.6 is 0 Å². The third kappa shape index (κ3) is 2.77. The Morgan fingerprint density at radius 3 is 2.58 bits per heavy atom. The lowest BCUT2D eigenvalue weighted by molar-refractivity contribution is -0.385. The number of benzene rings is 1. The fourth-order valence-electron chi connectivity index (χ4n) is 2.80. The number of halogens is 3. The van der Waals surface area contributed by atoms with Gasteiger partial charge in [0.2, 0.25) is 5.72 Å². The summed E-state index contributed by atoms with van der Waals surface area (Å²) in [6.45, 7) is 2.12. The minimum atomic E-state index is -4.85. The number of anilines is 1. The number of aryl methyl sites for hydroxylation is 1. The van der Waals surface area contributed by atoms with Gasteiger partial charge in [0.1, 0.15) is 0 Å². The van der Waals surface area contributed by atoms with E-state index >= 15 is 0 Å². The summed E-state index contributed by atoms with van der Waals surface area (Å²) in [4.78, 5) is 22.1. The SMILES string of the molecule is CC[C@]1(C(F)(F)F)O[C@H](C(=O)O)CN1c1ccc([N+](=O)[O-])c(C)c1. The first kappa shape index (κ1) is 18.0. The maximum atomic E-state index is 13.6. The zero-order chi connectivity index (χ0) is 18.3. The molecule has 1 fully saturated rings. The van der Waals surface area contributed by atoms with Crippen LogP contribution < -0.4 is 4.90 Å². The topological polar surface area (TPSA) is 92.9 Å². The van der Waals surface area contributed by atoms with Crippen molar-refractivity contribution in [1.29, 1.82) is 0 Å². The van der Waals surface area contributed by atoms with Gasteiger partial charge in [0, 0.05) is 23.7 Å². The van der Waals surface area contributed by atoms with E-state index in [0.29, 0.717) is 0 Å². The summed E-state index contributed by atoms with van der Waals surface area (Å²) in [6.07, 6.45) is -7.03. The molecule has 10 heteroatoms. The van der Waals surface area contributed by atoms with E-state index in [4.69, 9.17) is 9.84 Å². The molecule has 0 radical (unpaired) electrons. The van der Waals surface area contributed by atoms with Gasteiger partial charge in [-0.3, -0.25) is 10.1 Å². The molecule has 1 aromatic rings. The van der Waals surface area contributed by atoms with Gasteiger partial charge in [0.15, 0.2) is 6.10 Å². The van der Waals surface area contributed by atoms with Crippen LogP contribution in [-0.2, 0) is 9.53 Å². The molecule has 0 aromatic heterocycles. The molecule has 1 heterocycles. The van der Waals surface area contributed by atoms with Crippen LogP contribution in [0.5, 0.6) is 0 Å². The Morgan fingerprint density at radius 1 is 1.54 bits per heavy atom. The Kier molecular flexibility index (Phi) is 4.44. The Labute approximate surface area is 134 Å². The predicted molar refractivity (Wildman–Crippen MR) is 76.8 cm³/mol. The van der Waals surface area contributed by atoms with Crippen molar-refractivity contribution in [2.24, 2.45) is 0 Å². The Morgan fingerprint density at radius 2 is 2.17 bits per heavy atom. The number of carbonyl (C=O) groups is 1. The molecule has 2 atom stereocenters. The summed E-state index contributed by atoms with van der Waals surface area (Å²) < 4.78 is 45.8. The van der Waals surface area contributed by atoms with Gasteiger partial charge in [-0.15, -0.1) is 0 Å². The molecule has 2 rings (SSSR count). The predicted octanol–water partition coefficient (Wildman–Crippen LogP) is 2.86. The van der Waals surface area contributed by atoms with E-state index in [2.05, 4.69) is 0 Å². The number of alkyl halides is 3. The maximum Gasteiger partial charge on any atom is 0.436 e. The van der Waals surface area contributed by atoms with E-state index in [1.165, 1.54) is 19.9 Å². The minimum absolute atomic E-state index is 0.0148. The molecule has 0 unspecified atom stereocenters. The molecule has 7 nitrogen and oxygen atoms in total. The molecule has 0 aliphatic carbocycles. The average Bonchev–Trinajstić information content (AvgIpc) is 2.87. The van der Waals surface area contributed by atoms with Crippen molar-refractivity contribution in [3.8, 4) is 0 Å². The summed E-state index contributed by atoms with van der Waals surface area (Å²) in [7, 11) is 0. The van der Waals surface area contributed by atoms with Crippen LogP contribution in [0.25, 0.3) is 0 Å². The lowest BCUT2D eigenvalue weighted by Crippen LogP contribution is -2.56. The second-order valence-corrected chi connectivity index (χ2v) is 5.42. The normalized spacial score (nSPS) is 24.2. The highest BCUT2D eigenvalue weighted by molar-refractivity contribution is 5.75. The van der Waals surface area contributed by atoms with E-state index in [-0.39, 0.29) is 16.9 Å². The van der Waals surface area contributed by atoms with Crippen LogP contribution in [-0.4, -0.2) is 40.5 Å². The number of ether oxygens (including phenoxy) is 1. The fourth-order valence-corrected chi connectivity index (χ4v) is 2.80. The quantitative estimate of drug-likeness (QED) is 0.664. The lowest BCUT2D eigenvalue weighted by Gasteiger charge is -2.38. The van der Waals surface area contributed by atoms with Crippen molar-refractivity contribution >= 4 is 17.3 Å². The molecule has 1 aliphatic heterocycles. The van der Waals surface area contributed by atoms with E-state index in [0.717, 1.165) is 17.0 Å². The first-order valence-corrected chi connectivity index (χ1v) is 7.03. The number of carboxylic acid groups (broad SMARTS) is 1. The van der Waals surface area contributed by atoms with Crippen LogP contribution in [0, 0.1) is 17.0 Å². The van der Waals surface area contributed by atoms with Crippen LogP contribution in [0.2, 0.25) is 0 Å². The molecule has 1 saturated heterocycles. The number of hydrogen-bond acceptors (Lipinski definition) is 5. The van der Waals surface area contributed by atoms with Gasteiger partial charge in [0.05, 0.1) is 11.5 Å². The van der Waals surface area contributed by atoms with Crippen molar-refractivity contribution in [2.75, 3.05) is 11.4 Å². The number of nitro benzene ring substituents is 1. The molecular weight excluding hydrogens is 333 g/mol. The number of nitrogens with zero attached hydrogens (tertiary/aromatic N) is 2. The summed E-state index contributed by atoms with van der Waals surface area (Å²) in [5, 5.41) is 19.9. The summed E-state index contributed by atoms with van der Waals surface area (Å²) in [6, 6.07) is 3.48. The summed E-state index contributed by atoms with van der Waals surface area (Å²) >= 11 is 0. The first-order valence-electron chi connectivity index (χ1n) is 7.03. The molecule has 0 amide bonds. The number of rotatable bonds is 4.